The highest BCUT2D eigenvalue weighted by Gasteiger charge is 2.20. The molecule has 2 N–H and O–H groups in total. The van der Waals surface area contributed by atoms with E-state index in [0.29, 0.717) is 11.4 Å². The Balaban J connectivity index is 2.16. The van der Waals surface area contributed by atoms with Gasteiger partial charge in [-0.1, -0.05) is 6.92 Å². The van der Waals surface area contributed by atoms with Crippen molar-refractivity contribution in [1.82, 2.24) is 25.7 Å². The van der Waals surface area contributed by atoms with E-state index >= 15 is 0 Å². The normalized spacial score (nSPS) is 12.4. The van der Waals surface area contributed by atoms with Crippen LogP contribution in [-0.2, 0) is 0 Å². The van der Waals surface area contributed by atoms with E-state index in [1.165, 1.54) is 4.88 Å². The second-order valence-electron chi connectivity index (χ2n) is 4.39. The monoisotopic (exact) mass is 279 g/mol. The van der Waals surface area contributed by atoms with Crippen LogP contribution in [0.25, 0.3) is 0 Å². The molecule has 2 aromatic heterocycles. The highest BCUT2D eigenvalue weighted by Crippen LogP contribution is 2.25. The van der Waals surface area contributed by atoms with Gasteiger partial charge in [0.25, 0.3) is 5.91 Å². The number of H-pyrrole nitrogens is 1. The van der Waals surface area contributed by atoms with Gasteiger partial charge in [-0.05, 0) is 27.2 Å². The second kappa shape index (κ2) is 5.48. The first-order chi connectivity index (χ1) is 9.02. The number of thiazole rings is 1. The first kappa shape index (κ1) is 13.7. The van der Waals surface area contributed by atoms with Crippen molar-refractivity contribution in [1.29, 1.82) is 0 Å². The van der Waals surface area contributed by atoms with Crippen molar-refractivity contribution in [2.75, 3.05) is 0 Å². The second-order valence-corrected chi connectivity index (χ2v) is 5.62. The third kappa shape index (κ3) is 2.81. The number of aryl methyl sites for hydroxylation is 3. The summed E-state index contributed by atoms with van der Waals surface area (Å²) < 4.78 is 0. The molecule has 0 aliphatic rings. The number of rotatable bonds is 4. The molecule has 2 aromatic rings. The zero-order chi connectivity index (χ0) is 14.0. The summed E-state index contributed by atoms with van der Waals surface area (Å²) in [5.74, 6) is -0.219. The number of aromatic nitrogens is 4. The Morgan fingerprint density at radius 1 is 1.32 bits per heavy atom. The summed E-state index contributed by atoms with van der Waals surface area (Å²) in [5.41, 5.74) is 1.95. The fourth-order valence-corrected chi connectivity index (χ4v) is 2.77. The van der Waals surface area contributed by atoms with Crippen molar-refractivity contribution in [2.24, 2.45) is 0 Å². The number of hydrogen-bond donors (Lipinski definition) is 2. The van der Waals surface area contributed by atoms with Gasteiger partial charge in [0.2, 0.25) is 0 Å². The van der Waals surface area contributed by atoms with E-state index in [1.54, 1.807) is 18.3 Å². The lowest BCUT2D eigenvalue weighted by atomic mass is 10.2. The molecule has 0 saturated heterocycles. The maximum atomic E-state index is 12.1. The van der Waals surface area contributed by atoms with Crippen molar-refractivity contribution >= 4 is 17.2 Å². The highest BCUT2D eigenvalue weighted by molar-refractivity contribution is 7.11. The van der Waals surface area contributed by atoms with Gasteiger partial charge in [-0.25, -0.2) is 4.98 Å². The lowest BCUT2D eigenvalue weighted by Gasteiger charge is -2.13. The van der Waals surface area contributed by atoms with Crippen LogP contribution >= 0.6 is 11.3 Å². The molecule has 1 atom stereocenters. The minimum atomic E-state index is -0.219. The molecule has 0 fully saturated rings. The van der Waals surface area contributed by atoms with Crippen molar-refractivity contribution in [3.05, 3.63) is 27.0 Å². The first-order valence-electron chi connectivity index (χ1n) is 6.15. The van der Waals surface area contributed by atoms with E-state index in [2.05, 4.69) is 25.7 Å². The molecule has 7 heteroatoms. The molecule has 0 spiro atoms. The summed E-state index contributed by atoms with van der Waals surface area (Å²) in [6.45, 7) is 7.78. The summed E-state index contributed by atoms with van der Waals surface area (Å²) in [5, 5.41) is 14.0. The Labute approximate surface area is 115 Å². The maximum Gasteiger partial charge on any atom is 0.274 e. The molecule has 0 aromatic carbocycles. The van der Waals surface area contributed by atoms with Crippen LogP contribution in [0.5, 0.6) is 0 Å². The average Bonchev–Trinajstić information content (AvgIpc) is 2.93. The van der Waals surface area contributed by atoms with Gasteiger partial charge in [0, 0.05) is 4.88 Å². The number of aromatic amines is 1. The van der Waals surface area contributed by atoms with Crippen LogP contribution in [-0.4, -0.2) is 26.3 Å². The lowest BCUT2D eigenvalue weighted by molar-refractivity contribution is 0.0929. The van der Waals surface area contributed by atoms with E-state index in [-0.39, 0.29) is 11.9 Å². The van der Waals surface area contributed by atoms with Crippen molar-refractivity contribution in [3.63, 3.8) is 0 Å². The van der Waals surface area contributed by atoms with Gasteiger partial charge in [-0.15, -0.1) is 11.3 Å². The van der Waals surface area contributed by atoms with Crippen LogP contribution in [0, 0.1) is 20.8 Å². The molecule has 2 rings (SSSR count). The predicted molar refractivity (Wildman–Crippen MR) is 73.2 cm³/mol. The molecule has 0 unspecified atom stereocenters. The number of nitrogens with one attached hydrogen (secondary N) is 2. The van der Waals surface area contributed by atoms with E-state index in [1.807, 2.05) is 20.8 Å². The van der Waals surface area contributed by atoms with E-state index in [0.717, 1.165) is 17.1 Å². The van der Waals surface area contributed by atoms with Crippen LogP contribution in [0.3, 0.4) is 0 Å². The topological polar surface area (TPSA) is 83.6 Å². The molecule has 102 valence electrons. The lowest BCUT2D eigenvalue weighted by Crippen LogP contribution is -2.29. The molecule has 0 aliphatic carbocycles. The third-order valence-corrected chi connectivity index (χ3v) is 4.18. The fraction of sp³-hybridized carbons (Fsp3) is 0.500. The van der Waals surface area contributed by atoms with Gasteiger partial charge in [0.05, 0.1) is 17.4 Å². The fourth-order valence-electron chi connectivity index (χ4n) is 1.71. The smallest absolute Gasteiger partial charge is 0.274 e. The highest BCUT2D eigenvalue weighted by atomic mass is 32.1. The Kier molecular flexibility index (Phi) is 3.94. The van der Waals surface area contributed by atoms with E-state index in [9.17, 15) is 4.79 Å². The van der Waals surface area contributed by atoms with Gasteiger partial charge in [-0.2, -0.15) is 15.4 Å². The number of amides is 1. The van der Waals surface area contributed by atoms with Crippen molar-refractivity contribution in [2.45, 2.75) is 40.2 Å². The largest absolute Gasteiger partial charge is 0.341 e. The number of carbonyl (C=O) groups is 1. The first-order valence-corrected chi connectivity index (χ1v) is 6.96. The Morgan fingerprint density at radius 2 is 2.05 bits per heavy atom. The summed E-state index contributed by atoms with van der Waals surface area (Å²) in [6, 6.07) is -0.0824. The molecule has 1 amide bonds. The molecule has 0 bridgehead atoms. The Morgan fingerprint density at radius 3 is 2.53 bits per heavy atom. The molecular weight excluding hydrogens is 262 g/mol. The molecule has 0 radical (unpaired) electrons. The third-order valence-electron chi connectivity index (χ3n) is 2.99. The van der Waals surface area contributed by atoms with Gasteiger partial charge < -0.3 is 5.32 Å². The Hall–Kier alpha value is -1.76. The molecule has 0 aliphatic heterocycles. The summed E-state index contributed by atoms with van der Waals surface area (Å²) in [4.78, 5) is 17.8. The SMILES string of the molecule is CC[C@@H](NC(=O)c1n[nH]nc1C)c1nc(C)c(C)s1. The van der Waals surface area contributed by atoms with Gasteiger partial charge >= 0.3 is 0 Å². The minimum absolute atomic E-state index is 0.0824. The van der Waals surface area contributed by atoms with Gasteiger partial charge in [-0.3, -0.25) is 4.79 Å². The summed E-state index contributed by atoms with van der Waals surface area (Å²) in [6.07, 6.45) is 0.787. The average molecular weight is 279 g/mol. The van der Waals surface area contributed by atoms with Crippen LogP contribution in [0.15, 0.2) is 0 Å². The van der Waals surface area contributed by atoms with Crippen molar-refractivity contribution < 1.29 is 4.79 Å². The quantitative estimate of drug-likeness (QED) is 0.897. The summed E-state index contributed by atoms with van der Waals surface area (Å²) >= 11 is 1.62. The molecule has 19 heavy (non-hydrogen) atoms. The van der Waals surface area contributed by atoms with Crippen LogP contribution in [0.1, 0.15) is 51.1 Å². The number of carbonyl (C=O) groups excluding carboxylic acids is 1. The van der Waals surface area contributed by atoms with Crippen LogP contribution in [0.2, 0.25) is 0 Å². The van der Waals surface area contributed by atoms with Crippen molar-refractivity contribution in [3.8, 4) is 0 Å². The molecule has 6 nitrogen and oxygen atoms in total. The van der Waals surface area contributed by atoms with E-state index in [4.69, 9.17) is 0 Å². The number of hydrogen-bond acceptors (Lipinski definition) is 5. The predicted octanol–water partition coefficient (Wildman–Crippen LogP) is 2.07. The van der Waals surface area contributed by atoms with E-state index < -0.39 is 0 Å². The zero-order valence-electron chi connectivity index (χ0n) is 11.4. The van der Waals surface area contributed by atoms with Crippen LogP contribution in [0.4, 0.5) is 0 Å². The van der Waals surface area contributed by atoms with Gasteiger partial charge in [0.1, 0.15) is 5.01 Å². The molecular formula is C12H17N5OS. The molecule has 0 saturated carbocycles. The standard InChI is InChI=1S/C12H17N5OS/c1-5-9(12-13-6(2)8(4)19-12)14-11(18)10-7(3)15-17-16-10/h9H,5H2,1-4H3,(H,14,18)(H,15,16,17)/t9-/m1/s1. The Bertz CT molecular complexity index is 569. The molecule has 2 heterocycles. The minimum Gasteiger partial charge on any atom is -0.341 e. The van der Waals surface area contributed by atoms with Crippen LogP contribution < -0.4 is 5.32 Å². The summed E-state index contributed by atoms with van der Waals surface area (Å²) in [7, 11) is 0. The van der Waals surface area contributed by atoms with Gasteiger partial charge in [0.15, 0.2) is 5.69 Å². The maximum absolute atomic E-state index is 12.1. The number of nitrogens with zero attached hydrogens (tertiary/aromatic N) is 3. The zero-order valence-corrected chi connectivity index (χ0v) is 12.3.